The average Bonchev–Trinajstić information content (AvgIpc) is 3.12. The Bertz CT molecular complexity index is 1210. The smallest absolute Gasteiger partial charge is 0.270 e. The summed E-state index contributed by atoms with van der Waals surface area (Å²) < 4.78 is 5.31. The van der Waals surface area contributed by atoms with Gasteiger partial charge in [0.05, 0.1) is 12.6 Å². The second-order valence-corrected chi connectivity index (χ2v) is 6.90. The summed E-state index contributed by atoms with van der Waals surface area (Å²) in [6.07, 6.45) is 0.847. The highest BCUT2D eigenvalue weighted by Gasteiger charge is 2.24. The van der Waals surface area contributed by atoms with Crippen LogP contribution in [0.4, 0.5) is 5.82 Å². The molecule has 5 rings (SSSR count). The predicted molar refractivity (Wildman–Crippen MR) is 111 cm³/mol. The lowest BCUT2D eigenvalue weighted by molar-refractivity contribution is 0.0951. The van der Waals surface area contributed by atoms with Crippen molar-refractivity contribution in [3.05, 3.63) is 77.9 Å². The zero-order valence-corrected chi connectivity index (χ0v) is 15.5. The van der Waals surface area contributed by atoms with Gasteiger partial charge in [0, 0.05) is 23.6 Å². The van der Waals surface area contributed by atoms with Crippen LogP contribution < -0.4 is 15.2 Å². The summed E-state index contributed by atoms with van der Waals surface area (Å²) in [6, 6.07) is 21.7. The van der Waals surface area contributed by atoms with E-state index in [4.69, 9.17) is 9.72 Å². The molecule has 4 aromatic rings. The lowest BCUT2D eigenvalue weighted by Gasteiger charge is -2.20. The van der Waals surface area contributed by atoms with Crippen LogP contribution >= 0.6 is 0 Å². The number of nitrogens with one attached hydrogen (secondary N) is 1. The third-order valence-corrected chi connectivity index (χ3v) is 5.21. The number of benzene rings is 3. The van der Waals surface area contributed by atoms with Gasteiger partial charge < -0.3 is 4.74 Å². The summed E-state index contributed by atoms with van der Waals surface area (Å²) in [5.74, 6) is 1.44. The molecule has 138 valence electrons. The third kappa shape index (κ3) is 2.72. The summed E-state index contributed by atoms with van der Waals surface area (Å²) in [5.41, 5.74) is 5.68. The maximum atomic E-state index is 13.0. The van der Waals surface area contributed by atoms with Crippen molar-refractivity contribution >= 4 is 33.4 Å². The molecule has 0 aliphatic carbocycles. The Morgan fingerprint density at radius 1 is 1.04 bits per heavy atom. The molecule has 1 N–H and O–H groups in total. The number of fused-ring (bicyclic) bond motifs is 3. The molecule has 5 nitrogen and oxygen atoms in total. The van der Waals surface area contributed by atoms with Crippen LogP contribution in [0.3, 0.4) is 0 Å². The molecular weight excluding hydrogens is 350 g/mol. The number of carbonyl (C=O) groups excluding carboxylic acids is 1. The molecule has 1 aromatic heterocycles. The molecule has 0 unspecified atom stereocenters. The van der Waals surface area contributed by atoms with Gasteiger partial charge >= 0.3 is 0 Å². The first-order valence-electron chi connectivity index (χ1n) is 9.27. The zero-order valence-electron chi connectivity index (χ0n) is 15.5. The first-order chi connectivity index (χ1) is 13.7. The Morgan fingerprint density at radius 2 is 1.89 bits per heavy atom. The molecule has 0 bridgehead atoms. The second kappa shape index (κ2) is 6.53. The Labute approximate surface area is 162 Å². The Balaban J connectivity index is 1.49. The number of aromatic nitrogens is 1. The SMILES string of the molecule is COc1ccc2cc3c(nc2c1)N(NC(=O)c1cccc2ccccc12)CC3. The molecule has 0 radical (unpaired) electrons. The number of nitrogens with zero attached hydrogens (tertiary/aromatic N) is 2. The second-order valence-electron chi connectivity index (χ2n) is 6.90. The standard InChI is InChI=1S/C23H19N3O2/c1-28-18-10-9-16-13-17-11-12-26(22(17)24-21(16)14-18)25-23(27)20-8-4-6-15-5-2-3-7-19(15)20/h2-10,13-14H,11-12H2,1H3,(H,25,27). The highest BCUT2D eigenvalue weighted by atomic mass is 16.5. The molecule has 0 fully saturated rings. The minimum Gasteiger partial charge on any atom is -0.497 e. The van der Waals surface area contributed by atoms with Gasteiger partial charge in [-0.1, -0.05) is 36.4 Å². The van der Waals surface area contributed by atoms with Crippen molar-refractivity contribution in [1.29, 1.82) is 0 Å². The molecule has 3 aromatic carbocycles. The number of pyridine rings is 1. The Kier molecular flexibility index (Phi) is 3.86. The van der Waals surface area contributed by atoms with Crippen LogP contribution in [0.2, 0.25) is 0 Å². The van der Waals surface area contributed by atoms with Gasteiger partial charge in [0.1, 0.15) is 5.75 Å². The van der Waals surface area contributed by atoms with Gasteiger partial charge in [-0.3, -0.25) is 15.2 Å². The van der Waals surface area contributed by atoms with Crippen molar-refractivity contribution in [1.82, 2.24) is 10.4 Å². The van der Waals surface area contributed by atoms with E-state index >= 15 is 0 Å². The first-order valence-corrected chi connectivity index (χ1v) is 9.27. The number of carbonyl (C=O) groups is 1. The van der Waals surface area contributed by atoms with Crippen molar-refractivity contribution in [2.45, 2.75) is 6.42 Å². The average molecular weight is 369 g/mol. The molecular formula is C23H19N3O2. The van der Waals surface area contributed by atoms with Crippen molar-refractivity contribution < 1.29 is 9.53 Å². The molecule has 1 aliphatic heterocycles. The van der Waals surface area contributed by atoms with Gasteiger partial charge in [0.2, 0.25) is 0 Å². The molecule has 0 atom stereocenters. The Morgan fingerprint density at radius 3 is 2.79 bits per heavy atom. The molecule has 1 aliphatic rings. The van der Waals surface area contributed by atoms with Gasteiger partial charge in [-0.15, -0.1) is 0 Å². The maximum Gasteiger partial charge on any atom is 0.270 e. The van der Waals surface area contributed by atoms with Crippen LogP contribution in [-0.2, 0) is 6.42 Å². The number of hydrogen-bond acceptors (Lipinski definition) is 4. The topological polar surface area (TPSA) is 54.5 Å². The lowest BCUT2D eigenvalue weighted by Crippen LogP contribution is -2.41. The first kappa shape index (κ1) is 16.6. The van der Waals surface area contributed by atoms with Gasteiger partial charge in [-0.05, 0) is 47.0 Å². The van der Waals surface area contributed by atoms with E-state index in [0.29, 0.717) is 12.1 Å². The summed E-state index contributed by atoms with van der Waals surface area (Å²) in [4.78, 5) is 17.8. The normalized spacial score (nSPS) is 13.0. The van der Waals surface area contributed by atoms with Crippen LogP contribution in [0, 0.1) is 0 Å². The summed E-state index contributed by atoms with van der Waals surface area (Å²) in [6.45, 7) is 0.701. The largest absolute Gasteiger partial charge is 0.497 e. The van der Waals surface area contributed by atoms with E-state index < -0.39 is 0 Å². The Hall–Kier alpha value is -3.60. The fourth-order valence-electron chi connectivity index (χ4n) is 3.78. The van der Waals surface area contributed by atoms with Crippen LogP contribution in [0.25, 0.3) is 21.7 Å². The molecule has 1 amide bonds. The van der Waals surface area contributed by atoms with Crippen LogP contribution in [0.1, 0.15) is 15.9 Å². The van der Waals surface area contributed by atoms with Crippen LogP contribution in [0.15, 0.2) is 66.7 Å². The van der Waals surface area contributed by atoms with E-state index in [9.17, 15) is 4.79 Å². The van der Waals surface area contributed by atoms with Crippen molar-refractivity contribution in [3.63, 3.8) is 0 Å². The van der Waals surface area contributed by atoms with Crippen LogP contribution in [-0.4, -0.2) is 24.5 Å². The fourth-order valence-corrected chi connectivity index (χ4v) is 3.78. The van der Waals surface area contributed by atoms with Gasteiger partial charge in [0.15, 0.2) is 5.82 Å². The van der Waals surface area contributed by atoms with Gasteiger partial charge in [-0.25, -0.2) is 4.98 Å². The molecule has 5 heteroatoms. The number of amides is 1. The van der Waals surface area contributed by atoms with E-state index in [2.05, 4.69) is 11.5 Å². The molecule has 0 spiro atoms. The number of rotatable bonds is 3. The number of methoxy groups -OCH3 is 1. The zero-order chi connectivity index (χ0) is 19.1. The number of hydrazine groups is 1. The minimum atomic E-state index is -0.128. The van der Waals surface area contributed by atoms with Crippen molar-refractivity contribution in [2.75, 3.05) is 18.7 Å². The van der Waals surface area contributed by atoms with Gasteiger partial charge in [-0.2, -0.15) is 0 Å². The lowest BCUT2D eigenvalue weighted by atomic mass is 10.0. The fraction of sp³-hybridized carbons (Fsp3) is 0.130. The highest BCUT2D eigenvalue weighted by Crippen LogP contribution is 2.30. The minimum absolute atomic E-state index is 0.128. The number of ether oxygens (including phenoxy) is 1. The van der Waals surface area contributed by atoms with E-state index in [1.165, 1.54) is 0 Å². The molecule has 0 saturated heterocycles. The summed E-state index contributed by atoms with van der Waals surface area (Å²) in [7, 11) is 1.64. The number of hydrogen-bond donors (Lipinski definition) is 1. The maximum absolute atomic E-state index is 13.0. The molecule has 2 heterocycles. The summed E-state index contributed by atoms with van der Waals surface area (Å²) in [5, 5.41) is 4.91. The van der Waals surface area contributed by atoms with E-state index in [1.54, 1.807) is 7.11 Å². The predicted octanol–water partition coefficient (Wildman–Crippen LogP) is 4.10. The van der Waals surface area contributed by atoms with Crippen molar-refractivity contribution in [3.8, 4) is 5.75 Å². The van der Waals surface area contributed by atoms with E-state index in [1.807, 2.05) is 65.7 Å². The van der Waals surface area contributed by atoms with Crippen molar-refractivity contribution in [2.24, 2.45) is 0 Å². The summed E-state index contributed by atoms with van der Waals surface area (Å²) >= 11 is 0. The van der Waals surface area contributed by atoms with E-state index in [0.717, 1.165) is 45.2 Å². The molecule has 28 heavy (non-hydrogen) atoms. The van der Waals surface area contributed by atoms with E-state index in [-0.39, 0.29) is 5.91 Å². The molecule has 0 saturated carbocycles. The van der Waals surface area contributed by atoms with Crippen LogP contribution in [0.5, 0.6) is 5.75 Å². The third-order valence-electron chi connectivity index (χ3n) is 5.21. The monoisotopic (exact) mass is 369 g/mol. The highest BCUT2D eigenvalue weighted by molar-refractivity contribution is 6.07. The van der Waals surface area contributed by atoms with Gasteiger partial charge in [0.25, 0.3) is 5.91 Å². The quantitative estimate of drug-likeness (QED) is 0.591. The number of anilines is 1.